The van der Waals surface area contributed by atoms with Crippen molar-refractivity contribution >= 4 is 47.0 Å². The molecule has 1 aromatic heterocycles. The highest BCUT2D eigenvalue weighted by Gasteiger charge is 2.19. The Morgan fingerprint density at radius 2 is 1.93 bits per heavy atom. The summed E-state index contributed by atoms with van der Waals surface area (Å²) in [6, 6.07) is 6.74. The van der Waals surface area contributed by atoms with Gasteiger partial charge in [-0.1, -0.05) is 0 Å². The van der Waals surface area contributed by atoms with E-state index in [0.717, 1.165) is 62.3 Å². The van der Waals surface area contributed by atoms with E-state index >= 15 is 0 Å². The highest BCUT2D eigenvalue weighted by Crippen LogP contribution is 2.17. The number of anilines is 1. The molecule has 3 rings (SSSR count). The minimum Gasteiger partial charge on any atom is -0.368 e. The maximum Gasteiger partial charge on any atom is 0.194 e. The van der Waals surface area contributed by atoms with E-state index in [2.05, 4.69) is 33.9 Å². The molecule has 27 heavy (non-hydrogen) atoms. The molecule has 2 heterocycles. The first-order valence-electron chi connectivity index (χ1n) is 9.11. The molecule has 1 aromatic carbocycles. The van der Waals surface area contributed by atoms with Crippen molar-refractivity contribution in [3.05, 3.63) is 46.2 Å². The van der Waals surface area contributed by atoms with Crippen LogP contribution in [0.1, 0.15) is 16.8 Å². The zero-order valence-corrected chi connectivity index (χ0v) is 19.0. The Morgan fingerprint density at radius 3 is 2.52 bits per heavy atom. The predicted octanol–water partition coefficient (Wildman–Crippen LogP) is 3.54. The Bertz CT molecular complexity index is 726. The van der Waals surface area contributed by atoms with Gasteiger partial charge in [0.2, 0.25) is 0 Å². The largest absolute Gasteiger partial charge is 0.368 e. The summed E-state index contributed by atoms with van der Waals surface area (Å²) in [4.78, 5) is 15.0. The average molecular weight is 503 g/mol. The number of nitrogens with one attached hydrogen (secondary N) is 1. The Balaban J connectivity index is 0.00000261. The molecule has 0 saturated carbocycles. The number of benzene rings is 1. The summed E-state index contributed by atoms with van der Waals surface area (Å²) < 4.78 is 13.1. The lowest BCUT2D eigenvalue weighted by Crippen LogP contribution is -2.52. The van der Waals surface area contributed by atoms with Crippen molar-refractivity contribution in [1.82, 2.24) is 15.2 Å². The van der Waals surface area contributed by atoms with Gasteiger partial charge in [0, 0.05) is 62.5 Å². The number of hydrogen-bond acceptors (Lipinski definition) is 4. The van der Waals surface area contributed by atoms with Gasteiger partial charge in [0.1, 0.15) is 5.82 Å². The first-order valence-corrected chi connectivity index (χ1v) is 9.92. The third kappa shape index (κ3) is 6.31. The highest BCUT2D eigenvalue weighted by atomic mass is 127. The van der Waals surface area contributed by atoms with Gasteiger partial charge in [-0.15, -0.1) is 35.3 Å². The summed E-state index contributed by atoms with van der Waals surface area (Å²) in [6.45, 7) is 9.38. The molecule has 1 fully saturated rings. The summed E-state index contributed by atoms with van der Waals surface area (Å²) in [5, 5.41) is 4.54. The SMILES string of the molecule is CCNC(=NCCc1ncc(C)s1)N1CCN(c2ccc(F)cc2)CC1.I. The predicted molar refractivity (Wildman–Crippen MR) is 122 cm³/mol. The fourth-order valence-electron chi connectivity index (χ4n) is 3.03. The van der Waals surface area contributed by atoms with E-state index in [1.54, 1.807) is 11.3 Å². The molecular formula is C19H27FIN5S. The number of nitrogens with zero attached hydrogens (tertiary/aromatic N) is 4. The first-order chi connectivity index (χ1) is 12.7. The van der Waals surface area contributed by atoms with Crippen LogP contribution in [0.2, 0.25) is 0 Å². The number of thiazole rings is 1. The van der Waals surface area contributed by atoms with Crippen LogP contribution in [0.15, 0.2) is 35.5 Å². The second-order valence-electron chi connectivity index (χ2n) is 6.30. The van der Waals surface area contributed by atoms with Crippen LogP contribution in [-0.4, -0.2) is 55.1 Å². The third-order valence-electron chi connectivity index (χ3n) is 4.36. The molecule has 1 saturated heterocycles. The van der Waals surface area contributed by atoms with Crippen molar-refractivity contribution in [2.45, 2.75) is 20.3 Å². The molecule has 1 N–H and O–H groups in total. The van der Waals surface area contributed by atoms with Crippen LogP contribution in [0.5, 0.6) is 0 Å². The zero-order chi connectivity index (χ0) is 18.4. The maximum absolute atomic E-state index is 13.1. The van der Waals surface area contributed by atoms with Crippen LogP contribution in [0.3, 0.4) is 0 Å². The van der Waals surface area contributed by atoms with Gasteiger partial charge in [0.15, 0.2) is 5.96 Å². The molecule has 1 aliphatic rings. The van der Waals surface area contributed by atoms with E-state index < -0.39 is 0 Å². The minimum absolute atomic E-state index is 0. The monoisotopic (exact) mass is 503 g/mol. The van der Waals surface area contributed by atoms with E-state index in [-0.39, 0.29) is 29.8 Å². The molecule has 0 spiro atoms. The van der Waals surface area contributed by atoms with E-state index in [4.69, 9.17) is 4.99 Å². The second kappa shape index (κ2) is 10.8. The topological polar surface area (TPSA) is 43.8 Å². The second-order valence-corrected chi connectivity index (χ2v) is 7.62. The lowest BCUT2D eigenvalue weighted by atomic mass is 10.2. The van der Waals surface area contributed by atoms with Gasteiger partial charge >= 0.3 is 0 Å². The van der Waals surface area contributed by atoms with Crippen LogP contribution in [0.25, 0.3) is 0 Å². The molecular weight excluding hydrogens is 476 g/mol. The molecule has 0 amide bonds. The smallest absolute Gasteiger partial charge is 0.194 e. The first kappa shape index (κ1) is 21.9. The number of hydrogen-bond donors (Lipinski definition) is 1. The van der Waals surface area contributed by atoms with Crippen molar-refractivity contribution in [1.29, 1.82) is 0 Å². The van der Waals surface area contributed by atoms with Gasteiger partial charge in [-0.05, 0) is 38.1 Å². The van der Waals surface area contributed by atoms with Crippen molar-refractivity contribution in [3.63, 3.8) is 0 Å². The number of aryl methyl sites for hydroxylation is 1. The lowest BCUT2D eigenvalue weighted by molar-refractivity contribution is 0.372. The highest BCUT2D eigenvalue weighted by molar-refractivity contribution is 14.0. The fourth-order valence-corrected chi connectivity index (χ4v) is 3.80. The van der Waals surface area contributed by atoms with Crippen LogP contribution >= 0.6 is 35.3 Å². The van der Waals surface area contributed by atoms with Gasteiger partial charge < -0.3 is 15.1 Å². The van der Waals surface area contributed by atoms with Crippen LogP contribution in [0, 0.1) is 12.7 Å². The summed E-state index contributed by atoms with van der Waals surface area (Å²) in [6.07, 6.45) is 2.80. The lowest BCUT2D eigenvalue weighted by Gasteiger charge is -2.37. The summed E-state index contributed by atoms with van der Waals surface area (Å²) in [5.74, 6) is 0.781. The van der Waals surface area contributed by atoms with Gasteiger partial charge in [0.25, 0.3) is 0 Å². The number of aliphatic imine (C=N–C) groups is 1. The Hall–Kier alpha value is -1.42. The fraction of sp³-hybridized carbons (Fsp3) is 0.474. The van der Waals surface area contributed by atoms with E-state index in [1.165, 1.54) is 17.0 Å². The Labute approximate surface area is 181 Å². The summed E-state index contributed by atoms with van der Waals surface area (Å²) >= 11 is 1.74. The van der Waals surface area contributed by atoms with Gasteiger partial charge in [-0.3, -0.25) is 4.99 Å². The molecule has 5 nitrogen and oxygen atoms in total. The maximum atomic E-state index is 13.1. The average Bonchev–Trinajstić information content (AvgIpc) is 3.07. The molecule has 0 radical (unpaired) electrons. The summed E-state index contributed by atoms with van der Waals surface area (Å²) in [7, 11) is 0. The number of rotatable bonds is 5. The number of piperazine rings is 1. The quantitative estimate of drug-likeness (QED) is 0.385. The molecule has 2 aromatic rings. The molecule has 148 valence electrons. The normalized spacial score (nSPS) is 14.9. The van der Waals surface area contributed by atoms with Crippen LogP contribution in [-0.2, 0) is 6.42 Å². The standard InChI is InChI=1S/C19H26FN5S.HI/c1-3-21-19(22-9-8-18-23-14-15(2)26-18)25-12-10-24(11-13-25)17-6-4-16(20)5-7-17;/h4-7,14H,3,8-13H2,1-2H3,(H,21,22);1H. The van der Waals surface area contributed by atoms with Gasteiger partial charge in [-0.2, -0.15) is 0 Å². The zero-order valence-electron chi connectivity index (χ0n) is 15.8. The number of halogens is 2. The summed E-state index contributed by atoms with van der Waals surface area (Å²) in [5.41, 5.74) is 1.08. The molecule has 0 unspecified atom stereocenters. The molecule has 8 heteroatoms. The van der Waals surface area contributed by atoms with Crippen molar-refractivity contribution < 1.29 is 4.39 Å². The molecule has 1 aliphatic heterocycles. The van der Waals surface area contributed by atoms with E-state index in [1.807, 2.05) is 18.3 Å². The van der Waals surface area contributed by atoms with Crippen LogP contribution < -0.4 is 10.2 Å². The molecule has 0 aliphatic carbocycles. The molecule has 0 bridgehead atoms. The Morgan fingerprint density at radius 1 is 1.22 bits per heavy atom. The van der Waals surface area contributed by atoms with Crippen molar-refractivity contribution in [2.24, 2.45) is 4.99 Å². The van der Waals surface area contributed by atoms with Gasteiger partial charge in [0.05, 0.1) is 5.01 Å². The molecule has 0 atom stereocenters. The number of aromatic nitrogens is 1. The van der Waals surface area contributed by atoms with Gasteiger partial charge in [-0.25, -0.2) is 9.37 Å². The minimum atomic E-state index is -0.190. The van der Waals surface area contributed by atoms with Crippen molar-refractivity contribution in [2.75, 3.05) is 44.2 Å². The van der Waals surface area contributed by atoms with E-state index in [9.17, 15) is 4.39 Å². The van der Waals surface area contributed by atoms with E-state index in [0.29, 0.717) is 0 Å². The van der Waals surface area contributed by atoms with Crippen LogP contribution in [0.4, 0.5) is 10.1 Å². The van der Waals surface area contributed by atoms with Crippen molar-refractivity contribution in [3.8, 4) is 0 Å². The number of guanidine groups is 1. The third-order valence-corrected chi connectivity index (χ3v) is 5.33. The Kier molecular flexibility index (Phi) is 8.75.